The number of carbonyl (C=O) groups excluding carboxylic acids is 1. The van der Waals surface area contributed by atoms with Crippen LogP contribution in [0.2, 0.25) is 0 Å². The molecule has 0 saturated carbocycles. The van der Waals surface area contributed by atoms with Gasteiger partial charge in [0.25, 0.3) is 0 Å². The van der Waals surface area contributed by atoms with Gasteiger partial charge in [-0.3, -0.25) is 4.79 Å². The second-order valence-electron chi connectivity index (χ2n) is 11.1. The summed E-state index contributed by atoms with van der Waals surface area (Å²) in [5, 5.41) is 73.0. The zero-order chi connectivity index (χ0) is 29.5. The van der Waals surface area contributed by atoms with Crippen LogP contribution in [0.4, 0.5) is 0 Å². The molecule has 12 heteroatoms. The van der Waals surface area contributed by atoms with E-state index < -0.39 is 74.6 Å². The van der Waals surface area contributed by atoms with E-state index in [0.717, 1.165) is 19.3 Å². The normalized spacial score (nSPS) is 34.6. The number of hydrogen-bond donors (Lipinski definition) is 8. The Kier molecular flexibility index (Phi) is 17.0. The summed E-state index contributed by atoms with van der Waals surface area (Å²) >= 11 is 0. The van der Waals surface area contributed by atoms with Crippen LogP contribution in [0.5, 0.6) is 0 Å². The molecule has 2 aliphatic rings. The van der Waals surface area contributed by atoms with Crippen LogP contribution in [-0.4, -0.2) is 116 Å². The van der Waals surface area contributed by atoms with Gasteiger partial charge in [0.2, 0.25) is 5.91 Å². The Balaban J connectivity index is 1.67. The lowest BCUT2D eigenvalue weighted by Gasteiger charge is -2.46. The molecule has 2 aliphatic heterocycles. The first kappa shape index (κ1) is 35.3. The van der Waals surface area contributed by atoms with Gasteiger partial charge in [0.15, 0.2) is 12.5 Å². The van der Waals surface area contributed by atoms with Crippen LogP contribution < -0.4 is 5.32 Å². The molecule has 1 amide bonds. The van der Waals surface area contributed by atoms with E-state index >= 15 is 0 Å². The van der Waals surface area contributed by atoms with Crippen molar-refractivity contribution < 1.29 is 54.8 Å². The van der Waals surface area contributed by atoms with Crippen LogP contribution in [0.25, 0.3) is 0 Å². The number of aliphatic hydroxyl groups is 7. The van der Waals surface area contributed by atoms with Crippen LogP contribution in [0.1, 0.15) is 96.8 Å². The maximum atomic E-state index is 12.4. The Morgan fingerprint density at radius 3 is 1.70 bits per heavy atom. The fraction of sp³-hybridized carbons (Fsp3) is 0.964. The van der Waals surface area contributed by atoms with Crippen LogP contribution in [-0.2, 0) is 19.0 Å². The number of nitrogens with one attached hydrogen (secondary N) is 1. The third kappa shape index (κ3) is 11.0. The van der Waals surface area contributed by atoms with Crippen molar-refractivity contribution in [2.75, 3.05) is 13.2 Å². The third-order valence-electron chi connectivity index (χ3n) is 7.81. The second-order valence-corrected chi connectivity index (χ2v) is 11.1. The van der Waals surface area contributed by atoms with Crippen LogP contribution in [0.3, 0.4) is 0 Å². The fourth-order valence-corrected chi connectivity index (χ4v) is 5.24. The molecule has 2 heterocycles. The van der Waals surface area contributed by atoms with Crippen molar-refractivity contribution in [1.29, 1.82) is 0 Å². The molecular formula is C28H53NO11. The van der Waals surface area contributed by atoms with E-state index in [1.54, 1.807) is 0 Å². The molecule has 2 rings (SSSR count). The summed E-state index contributed by atoms with van der Waals surface area (Å²) in [4.78, 5) is 12.4. The minimum absolute atomic E-state index is 0.231. The number of ether oxygens (including phenoxy) is 3. The zero-order valence-corrected chi connectivity index (χ0v) is 23.9. The minimum Gasteiger partial charge on any atom is -0.394 e. The van der Waals surface area contributed by atoms with Gasteiger partial charge >= 0.3 is 0 Å². The lowest BCUT2D eigenvalue weighted by molar-refractivity contribution is -0.343. The summed E-state index contributed by atoms with van der Waals surface area (Å²) in [5.41, 5.74) is 0. The minimum atomic E-state index is -1.74. The highest BCUT2D eigenvalue weighted by atomic mass is 16.7. The molecule has 2 saturated heterocycles. The second kappa shape index (κ2) is 19.3. The standard InChI is InChI=1S/C28H53NO11/c1-2-3-4-5-6-7-8-9-10-11-12-13-14-15-20(32)29-27-24(36)23(35)26(19(17-31)38-27)40-28-25(37)22(34)21(33)18(16-30)39-28/h18-19,21-28,30-31,33-37H,2-17H2,1H3,(H,29,32)/t18-,19-,21-,22+,23-,24+,25+,26-,27-,28+/m1/s1. The average molecular weight is 580 g/mol. The molecule has 0 aliphatic carbocycles. The van der Waals surface area contributed by atoms with Gasteiger partial charge in [-0.25, -0.2) is 0 Å². The summed E-state index contributed by atoms with van der Waals surface area (Å²) in [6.07, 6.45) is 0.642. The topological polar surface area (TPSA) is 198 Å². The molecule has 12 nitrogen and oxygen atoms in total. The summed E-state index contributed by atoms with van der Waals surface area (Å²) in [6, 6.07) is 0. The Bertz CT molecular complexity index is 683. The molecule has 0 radical (unpaired) electrons. The molecular weight excluding hydrogens is 526 g/mol. The van der Waals surface area contributed by atoms with Gasteiger partial charge in [-0.2, -0.15) is 0 Å². The molecule has 0 aromatic rings. The summed E-state index contributed by atoms with van der Waals surface area (Å²) in [5.74, 6) is -0.357. The number of unbranched alkanes of at least 4 members (excludes halogenated alkanes) is 12. The van der Waals surface area contributed by atoms with Gasteiger partial charge < -0.3 is 55.3 Å². The van der Waals surface area contributed by atoms with Gasteiger partial charge in [0, 0.05) is 6.42 Å². The molecule has 0 aromatic heterocycles. The van der Waals surface area contributed by atoms with Crippen molar-refractivity contribution in [3.8, 4) is 0 Å². The van der Waals surface area contributed by atoms with Gasteiger partial charge in [-0.05, 0) is 6.42 Å². The van der Waals surface area contributed by atoms with Crippen LogP contribution in [0, 0.1) is 0 Å². The Hall–Kier alpha value is -0.930. The van der Waals surface area contributed by atoms with E-state index in [0.29, 0.717) is 6.42 Å². The molecule has 0 unspecified atom stereocenters. The number of rotatable bonds is 19. The third-order valence-corrected chi connectivity index (χ3v) is 7.81. The monoisotopic (exact) mass is 579 g/mol. The van der Waals surface area contributed by atoms with Gasteiger partial charge in [-0.1, -0.05) is 84.0 Å². The molecule has 40 heavy (non-hydrogen) atoms. The Morgan fingerprint density at radius 2 is 1.18 bits per heavy atom. The lowest BCUT2D eigenvalue weighted by Crippen LogP contribution is -2.66. The Morgan fingerprint density at radius 1 is 0.650 bits per heavy atom. The highest BCUT2D eigenvalue weighted by molar-refractivity contribution is 5.76. The fourth-order valence-electron chi connectivity index (χ4n) is 5.24. The first-order valence-electron chi connectivity index (χ1n) is 15.1. The molecule has 8 N–H and O–H groups in total. The number of hydrogen-bond acceptors (Lipinski definition) is 11. The van der Waals surface area contributed by atoms with Gasteiger partial charge in [-0.15, -0.1) is 0 Å². The molecule has 2 fully saturated rings. The Labute approximate surface area is 237 Å². The van der Waals surface area contributed by atoms with Crippen molar-refractivity contribution >= 4 is 5.91 Å². The lowest BCUT2D eigenvalue weighted by atomic mass is 9.96. The molecule has 10 atom stereocenters. The maximum absolute atomic E-state index is 12.4. The summed E-state index contributed by atoms with van der Waals surface area (Å²) in [6.45, 7) is 0.900. The van der Waals surface area contributed by atoms with Crippen molar-refractivity contribution in [3.05, 3.63) is 0 Å². The van der Waals surface area contributed by atoms with Crippen molar-refractivity contribution in [2.45, 2.75) is 158 Å². The van der Waals surface area contributed by atoms with E-state index in [2.05, 4.69) is 12.2 Å². The van der Waals surface area contributed by atoms with Crippen molar-refractivity contribution in [1.82, 2.24) is 5.32 Å². The van der Waals surface area contributed by atoms with Crippen molar-refractivity contribution in [2.24, 2.45) is 0 Å². The van der Waals surface area contributed by atoms with E-state index in [-0.39, 0.29) is 12.3 Å². The van der Waals surface area contributed by atoms with E-state index in [4.69, 9.17) is 14.2 Å². The molecule has 0 spiro atoms. The largest absolute Gasteiger partial charge is 0.394 e. The van der Waals surface area contributed by atoms with Crippen LogP contribution in [0.15, 0.2) is 0 Å². The highest BCUT2D eigenvalue weighted by Crippen LogP contribution is 2.28. The first-order chi connectivity index (χ1) is 19.2. The predicted octanol–water partition coefficient (Wildman–Crippen LogP) is 0.208. The summed E-state index contributed by atoms with van der Waals surface area (Å²) in [7, 11) is 0. The van der Waals surface area contributed by atoms with E-state index in [1.165, 1.54) is 57.8 Å². The molecule has 236 valence electrons. The smallest absolute Gasteiger partial charge is 0.222 e. The van der Waals surface area contributed by atoms with Crippen molar-refractivity contribution in [3.63, 3.8) is 0 Å². The average Bonchev–Trinajstić information content (AvgIpc) is 2.95. The first-order valence-corrected chi connectivity index (χ1v) is 15.1. The van der Waals surface area contributed by atoms with E-state index in [9.17, 15) is 40.5 Å². The quantitative estimate of drug-likeness (QED) is 0.0973. The predicted molar refractivity (Wildman–Crippen MR) is 145 cm³/mol. The molecule has 0 bridgehead atoms. The maximum Gasteiger partial charge on any atom is 0.222 e. The van der Waals surface area contributed by atoms with Crippen LogP contribution >= 0.6 is 0 Å². The number of carbonyl (C=O) groups is 1. The highest BCUT2D eigenvalue weighted by Gasteiger charge is 2.50. The summed E-state index contributed by atoms with van der Waals surface area (Å²) < 4.78 is 16.4. The number of amides is 1. The van der Waals surface area contributed by atoms with E-state index in [1.807, 2.05) is 0 Å². The van der Waals surface area contributed by atoms with Gasteiger partial charge in [0.1, 0.15) is 48.8 Å². The van der Waals surface area contributed by atoms with Gasteiger partial charge in [0.05, 0.1) is 13.2 Å². The number of aliphatic hydroxyl groups excluding tert-OH is 7. The SMILES string of the molecule is CCCCCCCCCCCCCCCC(=O)N[C@@H]1O[C@H](CO)[C@@H](O[C@@H]2O[C@H](CO)[C@@H](O)[C@H](O)[C@@H]2O)[C@H](O)[C@@H]1O. The molecule has 0 aromatic carbocycles. The zero-order valence-electron chi connectivity index (χ0n) is 23.9.